The fourth-order valence-electron chi connectivity index (χ4n) is 2.83. The fourth-order valence-corrected chi connectivity index (χ4v) is 2.83. The highest BCUT2D eigenvalue weighted by Crippen LogP contribution is 2.21. The standard InChI is InChI=1S/C23H23NO3/c1-4-7-18-8-5-6-9-21(18)26-15-19-11-13-22(27-19)23(25)24-20-12-10-16(2)14-17(20)3/h4-6,8-14H,1,7,15H2,2-3H3,(H,24,25). The van der Waals surface area contributed by atoms with Crippen LogP contribution in [0.15, 0.2) is 71.7 Å². The molecule has 1 heterocycles. The number of hydrogen-bond donors (Lipinski definition) is 1. The molecule has 0 unspecified atom stereocenters. The highest BCUT2D eigenvalue weighted by molar-refractivity contribution is 6.02. The number of para-hydroxylation sites is 1. The van der Waals surface area contributed by atoms with Gasteiger partial charge in [-0.3, -0.25) is 4.79 Å². The molecule has 0 aliphatic carbocycles. The van der Waals surface area contributed by atoms with Crippen molar-refractivity contribution in [2.24, 2.45) is 0 Å². The first kappa shape index (κ1) is 18.5. The van der Waals surface area contributed by atoms with Crippen LogP contribution in [-0.4, -0.2) is 5.91 Å². The normalized spacial score (nSPS) is 10.4. The summed E-state index contributed by atoms with van der Waals surface area (Å²) < 4.78 is 11.5. The highest BCUT2D eigenvalue weighted by Gasteiger charge is 2.13. The number of furan rings is 1. The van der Waals surface area contributed by atoms with Crippen molar-refractivity contribution in [1.82, 2.24) is 0 Å². The van der Waals surface area contributed by atoms with Gasteiger partial charge in [0.15, 0.2) is 5.76 Å². The summed E-state index contributed by atoms with van der Waals surface area (Å²) in [7, 11) is 0. The lowest BCUT2D eigenvalue weighted by molar-refractivity contribution is 0.0992. The van der Waals surface area contributed by atoms with E-state index < -0.39 is 0 Å². The Morgan fingerprint density at radius 2 is 1.96 bits per heavy atom. The zero-order valence-corrected chi connectivity index (χ0v) is 15.6. The largest absolute Gasteiger partial charge is 0.485 e. The second-order valence-electron chi connectivity index (χ2n) is 6.43. The van der Waals surface area contributed by atoms with Gasteiger partial charge in [-0.1, -0.05) is 42.0 Å². The van der Waals surface area contributed by atoms with Gasteiger partial charge < -0.3 is 14.5 Å². The van der Waals surface area contributed by atoms with E-state index in [1.807, 2.05) is 62.4 Å². The van der Waals surface area contributed by atoms with Crippen LogP contribution in [0.2, 0.25) is 0 Å². The number of benzene rings is 2. The molecule has 0 saturated carbocycles. The summed E-state index contributed by atoms with van der Waals surface area (Å²) in [6.45, 7) is 8.00. The lowest BCUT2D eigenvalue weighted by Gasteiger charge is -2.09. The summed E-state index contributed by atoms with van der Waals surface area (Å²) in [6, 6.07) is 17.1. The molecule has 1 amide bonds. The summed E-state index contributed by atoms with van der Waals surface area (Å²) >= 11 is 0. The molecule has 0 saturated heterocycles. The van der Waals surface area contributed by atoms with Crippen molar-refractivity contribution in [3.63, 3.8) is 0 Å². The number of carbonyl (C=O) groups excluding carboxylic acids is 1. The van der Waals surface area contributed by atoms with Crippen molar-refractivity contribution in [1.29, 1.82) is 0 Å². The van der Waals surface area contributed by atoms with Crippen LogP contribution in [0.4, 0.5) is 5.69 Å². The number of aryl methyl sites for hydroxylation is 2. The van der Waals surface area contributed by atoms with Crippen LogP contribution < -0.4 is 10.1 Å². The van der Waals surface area contributed by atoms with Crippen molar-refractivity contribution in [2.45, 2.75) is 26.9 Å². The maximum absolute atomic E-state index is 12.4. The maximum atomic E-state index is 12.4. The van der Waals surface area contributed by atoms with Crippen LogP contribution in [-0.2, 0) is 13.0 Å². The third-order valence-corrected chi connectivity index (χ3v) is 4.22. The molecular weight excluding hydrogens is 338 g/mol. The Labute approximate surface area is 159 Å². The van der Waals surface area contributed by atoms with Gasteiger partial charge in [0.25, 0.3) is 5.91 Å². The second kappa shape index (κ2) is 8.41. The minimum Gasteiger partial charge on any atom is -0.485 e. The Morgan fingerprint density at radius 3 is 2.74 bits per heavy atom. The molecule has 2 aromatic carbocycles. The summed E-state index contributed by atoms with van der Waals surface area (Å²) in [5, 5.41) is 2.88. The van der Waals surface area contributed by atoms with Crippen molar-refractivity contribution < 1.29 is 13.9 Å². The lowest BCUT2D eigenvalue weighted by Crippen LogP contribution is -2.11. The molecule has 0 radical (unpaired) electrons. The second-order valence-corrected chi connectivity index (χ2v) is 6.43. The molecule has 3 aromatic rings. The lowest BCUT2D eigenvalue weighted by atomic mass is 10.1. The van der Waals surface area contributed by atoms with Gasteiger partial charge in [0.2, 0.25) is 0 Å². The fraction of sp³-hybridized carbons (Fsp3) is 0.174. The van der Waals surface area contributed by atoms with Crippen molar-refractivity contribution in [3.8, 4) is 5.75 Å². The minimum absolute atomic E-state index is 0.255. The molecule has 0 spiro atoms. The minimum atomic E-state index is -0.278. The van der Waals surface area contributed by atoms with E-state index >= 15 is 0 Å². The van der Waals surface area contributed by atoms with Crippen LogP contribution in [0.25, 0.3) is 0 Å². The molecular formula is C23H23NO3. The predicted octanol–water partition coefficient (Wildman–Crippen LogP) is 5.46. The predicted molar refractivity (Wildman–Crippen MR) is 107 cm³/mol. The van der Waals surface area contributed by atoms with E-state index in [0.717, 1.165) is 34.5 Å². The van der Waals surface area contributed by atoms with Gasteiger partial charge >= 0.3 is 0 Å². The Bertz CT molecular complexity index is 956. The number of amides is 1. The number of ether oxygens (including phenoxy) is 1. The SMILES string of the molecule is C=CCc1ccccc1OCc1ccc(C(=O)Nc2ccc(C)cc2C)o1. The third kappa shape index (κ3) is 4.67. The van der Waals surface area contributed by atoms with Gasteiger partial charge in [0.05, 0.1) is 0 Å². The van der Waals surface area contributed by atoms with Gasteiger partial charge in [0.1, 0.15) is 18.1 Å². The summed E-state index contributed by atoms with van der Waals surface area (Å²) in [5.74, 6) is 1.36. The van der Waals surface area contributed by atoms with Gasteiger partial charge in [-0.2, -0.15) is 0 Å². The van der Waals surface area contributed by atoms with Crippen LogP contribution in [0.3, 0.4) is 0 Å². The van der Waals surface area contributed by atoms with Crippen LogP contribution in [0.1, 0.15) is 33.0 Å². The maximum Gasteiger partial charge on any atom is 0.291 e. The van der Waals surface area contributed by atoms with E-state index in [0.29, 0.717) is 5.76 Å². The van der Waals surface area contributed by atoms with Crippen molar-refractivity contribution in [3.05, 3.63) is 95.5 Å². The third-order valence-electron chi connectivity index (χ3n) is 4.22. The van der Waals surface area contributed by atoms with Gasteiger partial charge in [-0.05, 0) is 55.7 Å². The molecule has 4 nitrogen and oxygen atoms in total. The first-order chi connectivity index (χ1) is 13.1. The van der Waals surface area contributed by atoms with Gasteiger partial charge in [-0.25, -0.2) is 0 Å². The number of rotatable bonds is 7. The number of carbonyl (C=O) groups is 1. The van der Waals surface area contributed by atoms with Gasteiger partial charge in [-0.15, -0.1) is 6.58 Å². The highest BCUT2D eigenvalue weighted by atomic mass is 16.5. The Kier molecular flexibility index (Phi) is 5.77. The Hall–Kier alpha value is -3.27. The number of anilines is 1. The van der Waals surface area contributed by atoms with Gasteiger partial charge in [0, 0.05) is 5.69 Å². The molecule has 4 heteroatoms. The molecule has 27 heavy (non-hydrogen) atoms. The molecule has 0 atom stereocenters. The molecule has 0 bridgehead atoms. The van der Waals surface area contributed by atoms with Crippen molar-refractivity contribution in [2.75, 3.05) is 5.32 Å². The molecule has 1 N–H and O–H groups in total. The zero-order valence-electron chi connectivity index (χ0n) is 15.6. The molecule has 138 valence electrons. The van der Waals surface area contributed by atoms with Crippen LogP contribution in [0.5, 0.6) is 5.75 Å². The summed E-state index contributed by atoms with van der Waals surface area (Å²) in [4.78, 5) is 12.4. The van der Waals surface area contributed by atoms with E-state index in [1.165, 1.54) is 0 Å². The molecule has 1 aromatic heterocycles. The van der Waals surface area contributed by atoms with E-state index in [9.17, 15) is 4.79 Å². The van der Waals surface area contributed by atoms with E-state index in [-0.39, 0.29) is 18.3 Å². The quantitative estimate of drug-likeness (QED) is 0.569. The Balaban J connectivity index is 1.64. The van der Waals surface area contributed by atoms with E-state index in [4.69, 9.17) is 9.15 Å². The molecule has 3 rings (SSSR count). The summed E-state index contributed by atoms with van der Waals surface area (Å²) in [5.41, 5.74) is 4.00. The monoisotopic (exact) mass is 361 g/mol. The average molecular weight is 361 g/mol. The molecule has 0 aliphatic rings. The smallest absolute Gasteiger partial charge is 0.291 e. The average Bonchev–Trinajstić information content (AvgIpc) is 3.13. The number of nitrogens with one attached hydrogen (secondary N) is 1. The molecule has 0 fully saturated rings. The van der Waals surface area contributed by atoms with Crippen molar-refractivity contribution >= 4 is 11.6 Å². The first-order valence-electron chi connectivity index (χ1n) is 8.85. The summed E-state index contributed by atoms with van der Waals surface area (Å²) in [6.07, 6.45) is 2.57. The van der Waals surface area contributed by atoms with Crippen LogP contribution in [0, 0.1) is 13.8 Å². The number of hydrogen-bond acceptors (Lipinski definition) is 3. The van der Waals surface area contributed by atoms with E-state index in [2.05, 4.69) is 11.9 Å². The molecule has 0 aliphatic heterocycles. The zero-order chi connectivity index (χ0) is 19.2. The van der Waals surface area contributed by atoms with Crippen LogP contribution >= 0.6 is 0 Å². The Morgan fingerprint density at radius 1 is 1.15 bits per heavy atom. The first-order valence-corrected chi connectivity index (χ1v) is 8.85. The number of allylic oxidation sites excluding steroid dienone is 1. The topological polar surface area (TPSA) is 51.5 Å². The van der Waals surface area contributed by atoms with E-state index in [1.54, 1.807) is 12.1 Å².